The average molecular weight is 357 g/mol. The number of hydrogen-bond acceptors (Lipinski definition) is 3. The predicted octanol–water partition coefficient (Wildman–Crippen LogP) is 4.28. The maximum atomic E-state index is 12.7. The van der Waals surface area contributed by atoms with Crippen LogP contribution in [0.2, 0.25) is 5.02 Å². The lowest BCUT2D eigenvalue weighted by molar-refractivity contribution is 0.0653. The number of benzene rings is 1. The van der Waals surface area contributed by atoms with Crippen molar-refractivity contribution in [3.63, 3.8) is 0 Å². The van der Waals surface area contributed by atoms with E-state index >= 15 is 0 Å². The van der Waals surface area contributed by atoms with Gasteiger partial charge in [0, 0.05) is 12.1 Å². The van der Waals surface area contributed by atoms with Gasteiger partial charge in [-0.1, -0.05) is 43.6 Å². The summed E-state index contributed by atoms with van der Waals surface area (Å²) < 4.78 is 5.46. The first-order valence-electron chi connectivity index (χ1n) is 7.26. The van der Waals surface area contributed by atoms with E-state index < -0.39 is 0 Å². The van der Waals surface area contributed by atoms with Crippen LogP contribution in [0.5, 0.6) is 0 Å². The van der Waals surface area contributed by atoms with Crippen LogP contribution in [0.25, 0.3) is 0 Å². The summed E-state index contributed by atoms with van der Waals surface area (Å²) in [5.74, 6) is 0.910. The molecular weight excluding hydrogens is 335 g/mol. The Kier molecular flexibility index (Phi) is 7.13. The third kappa shape index (κ3) is 4.28. The molecule has 126 valence electrons. The average Bonchev–Trinajstić information content (AvgIpc) is 2.97. The molecular formula is C17H22Cl2N2O2. The Balaban J connectivity index is 0.00000264. The highest BCUT2D eigenvalue weighted by molar-refractivity contribution is 6.31. The van der Waals surface area contributed by atoms with Crippen molar-refractivity contribution in [1.29, 1.82) is 0 Å². The maximum Gasteiger partial charge on any atom is 0.289 e. The molecule has 0 saturated carbocycles. The normalized spacial score (nSPS) is 11.9. The van der Waals surface area contributed by atoms with Gasteiger partial charge in [-0.2, -0.15) is 0 Å². The molecule has 6 heteroatoms. The predicted molar refractivity (Wildman–Crippen MR) is 95.0 cm³/mol. The molecule has 1 aromatic heterocycles. The van der Waals surface area contributed by atoms with Crippen LogP contribution in [0.1, 0.15) is 41.8 Å². The first-order valence-corrected chi connectivity index (χ1v) is 7.63. The molecule has 0 aliphatic carbocycles. The molecule has 1 amide bonds. The van der Waals surface area contributed by atoms with Gasteiger partial charge in [-0.05, 0) is 29.7 Å². The lowest BCUT2D eigenvalue weighted by Gasteiger charge is -2.31. The molecule has 1 aromatic carbocycles. The highest BCUT2D eigenvalue weighted by Gasteiger charge is 2.28. The number of nitrogens with zero attached hydrogens (tertiary/aromatic N) is 1. The largest absolute Gasteiger partial charge is 0.455 e. The topological polar surface area (TPSA) is 59.5 Å². The van der Waals surface area contributed by atoms with Crippen molar-refractivity contribution in [3.8, 4) is 0 Å². The Morgan fingerprint density at radius 3 is 2.43 bits per heavy atom. The summed E-state index contributed by atoms with van der Waals surface area (Å²) in [6, 6.07) is 10.8. The van der Waals surface area contributed by atoms with Gasteiger partial charge in [-0.3, -0.25) is 4.79 Å². The van der Waals surface area contributed by atoms with Crippen LogP contribution in [-0.4, -0.2) is 17.9 Å². The third-order valence-electron chi connectivity index (χ3n) is 3.67. The molecule has 0 radical (unpaired) electrons. The van der Waals surface area contributed by atoms with Crippen molar-refractivity contribution in [2.45, 2.75) is 26.4 Å². The molecule has 4 nitrogen and oxygen atoms in total. The first kappa shape index (κ1) is 19.6. The molecule has 0 bridgehead atoms. The number of halogens is 2. The number of amides is 1. The van der Waals surface area contributed by atoms with E-state index in [9.17, 15) is 4.79 Å². The Morgan fingerprint density at radius 1 is 1.26 bits per heavy atom. The zero-order valence-corrected chi connectivity index (χ0v) is 15.0. The molecule has 1 heterocycles. The van der Waals surface area contributed by atoms with Gasteiger partial charge in [0.2, 0.25) is 0 Å². The molecule has 2 aromatic rings. The number of carbonyl (C=O) groups excluding carboxylic acids is 1. The van der Waals surface area contributed by atoms with E-state index in [0.29, 0.717) is 16.5 Å². The minimum absolute atomic E-state index is 0. The minimum Gasteiger partial charge on any atom is -0.455 e. The Bertz CT molecular complexity index is 656. The zero-order chi connectivity index (χ0) is 16.3. The summed E-state index contributed by atoms with van der Waals surface area (Å²) in [7, 11) is 1.76. The van der Waals surface area contributed by atoms with E-state index in [0.717, 1.165) is 5.56 Å². The van der Waals surface area contributed by atoms with Gasteiger partial charge < -0.3 is 15.1 Å². The summed E-state index contributed by atoms with van der Waals surface area (Å²) >= 11 is 6.31. The first-order chi connectivity index (χ1) is 10.5. The van der Waals surface area contributed by atoms with Crippen molar-refractivity contribution < 1.29 is 9.21 Å². The lowest BCUT2D eigenvalue weighted by atomic mass is 9.94. The minimum atomic E-state index is -0.182. The van der Waals surface area contributed by atoms with Gasteiger partial charge in [0.05, 0.1) is 12.6 Å². The van der Waals surface area contributed by atoms with Crippen LogP contribution in [0, 0.1) is 5.92 Å². The van der Waals surface area contributed by atoms with Gasteiger partial charge in [-0.15, -0.1) is 12.4 Å². The van der Waals surface area contributed by atoms with E-state index in [4.69, 9.17) is 21.8 Å². The third-order valence-corrected chi connectivity index (χ3v) is 4.01. The molecule has 23 heavy (non-hydrogen) atoms. The number of furan rings is 1. The Hall–Kier alpha value is -1.49. The molecule has 0 saturated heterocycles. The van der Waals surface area contributed by atoms with Gasteiger partial charge in [0.1, 0.15) is 5.76 Å². The summed E-state index contributed by atoms with van der Waals surface area (Å²) in [6.45, 7) is 4.39. The second kappa shape index (κ2) is 8.39. The van der Waals surface area contributed by atoms with Crippen LogP contribution in [0.4, 0.5) is 0 Å². The smallest absolute Gasteiger partial charge is 0.289 e. The van der Waals surface area contributed by atoms with Crippen molar-refractivity contribution >= 4 is 29.9 Å². The quantitative estimate of drug-likeness (QED) is 0.869. The van der Waals surface area contributed by atoms with E-state index in [1.807, 2.05) is 24.3 Å². The van der Waals surface area contributed by atoms with Crippen LogP contribution >= 0.6 is 24.0 Å². The summed E-state index contributed by atoms with van der Waals surface area (Å²) in [4.78, 5) is 14.3. The molecule has 1 atom stereocenters. The van der Waals surface area contributed by atoms with Crippen molar-refractivity contribution in [1.82, 2.24) is 4.90 Å². The van der Waals surface area contributed by atoms with Gasteiger partial charge in [-0.25, -0.2) is 0 Å². The molecule has 2 N–H and O–H groups in total. The lowest BCUT2D eigenvalue weighted by Crippen LogP contribution is -2.34. The van der Waals surface area contributed by atoms with Crippen LogP contribution in [-0.2, 0) is 6.54 Å². The zero-order valence-electron chi connectivity index (χ0n) is 13.5. The molecule has 0 spiro atoms. The van der Waals surface area contributed by atoms with Crippen LogP contribution < -0.4 is 5.73 Å². The fourth-order valence-electron chi connectivity index (χ4n) is 2.63. The van der Waals surface area contributed by atoms with Gasteiger partial charge in [0.25, 0.3) is 5.91 Å². The molecule has 0 aliphatic heterocycles. The highest BCUT2D eigenvalue weighted by atomic mass is 35.5. The summed E-state index contributed by atoms with van der Waals surface area (Å²) in [5.41, 5.74) is 6.45. The van der Waals surface area contributed by atoms with E-state index in [2.05, 4.69) is 13.8 Å². The molecule has 0 aliphatic rings. The number of carbonyl (C=O) groups is 1. The monoisotopic (exact) mass is 356 g/mol. The summed E-state index contributed by atoms with van der Waals surface area (Å²) in [6.07, 6.45) is 0. The second-order valence-corrected chi connectivity index (χ2v) is 6.00. The fraction of sp³-hybridized carbons (Fsp3) is 0.353. The number of hydrogen-bond donors (Lipinski definition) is 1. The fourth-order valence-corrected chi connectivity index (χ4v) is 2.88. The second-order valence-electron chi connectivity index (χ2n) is 5.60. The standard InChI is InChI=1S/C17H21ClN2O2.ClH/c1-11(2)16(13-6-4-5-7-14(13)18)20(3)17(21)15-9-8-12(10-19)22-15;/h4-9,11,16H,10,19H2,1-3H3;1H. The Labute approximate surface area is 148 Å². The summed E-state index contributed by atoms with van der Waals surface area (Å²) in [5, 5.41) is 0.656. The van der Waals surface area contributed by atoms with E-state index in [-0.39, 0.29) is 36.8 Å². The van der Waals surface area contributed by atoms with E-state index in [1.54, 1.807) is 24.1 Å². The number of rotatable bonds is 5. The van der Waals surface area contributed by atoms with Crippen LogP contribution in [0.15, 0.2) is 40.8 Å². The van der Waals surface area contributed by atoms with Gasteiger partial charge in [0.15, 0.2) is 5.76 Å². The molecule has 0 fully saturated rings. The van der Waals surface area contributed by atoms with Gasteiger partial charge >= 0.3 is 0 Å². The van der Waals surface area contributed by atoms with Crippen molar-refractivity contribution in [2.24, 2.45) is 11.7 Å². The number of nitrogens with two attached hydrogens (primary N) is 1. The van der Waals surface area contributed by atoms with Crippen LogP contribution in [0.3, 0.4) is 0 Å². The Morgan fingerprint density at radius 2 is 1.91 bits per heavy atom. The van der Waals surface area contributed by atoms with Crippen molar-refractivity contribution in [2.75, 3.05) is 7.05 Å². The van der Waals surface area contributed by atoms with Crippen molar-refractivity contribution in [3.05, 3.63) is 58.5 Å². The maximum absolute atomic E-state index is 12.7. The SMILES string of the molecule is CC(C)C(c1ccccc1Cl)N(C)C(=O)c1ccc(CN)o1.Cl. The molecule has 1 unspecified atom stereocenters. The van der Waals surface area contributed by atoms with E-state index in [1.165, 1.54) is 0 Å². The molecule has 2 rings (SSSR count). The highest BCUT2D eigenvalue weighted by Crippen LogP contribution is 2.33.